The van der Waals surface area contributed by atoms with Crippen molar-refractivity contribution >= 4 is 27.4 Å². The lowest BCUT2D eigenvalue weighted by Crippen LogP contribution is -2.59. The Kier molecular flexibility index (Phi) is 7.09. The normalized spacial score (nSPS) is 10.9. The van der Waals surface area contributed by atoms with Gasteiger partial charge in [-0.05, 0) is 13.3 Å². The molecule has 3 aromatic rings. The molecule has 0 heterocycles. The van der Waals surface area contributed by atoms with Crippen LogP contribution < -0.4 is 27.5 Å². The second-order valence-electron chi connectivity index (χ2n) is 6.64. The van der Waals surface area contributed by atoms with Crippen LogP contribution in [0.15, 0.2) is 24.3 Å². The van der Waals surface area contributed by atoms with Crippen LogP contribution in [-0.2, 0) is 0 Å². The molecule has 0 radical (unpaired) electrons. The summed E-state index contributed by atoms with van der Waals surface area (Å²) in [5.41, 5.74) is 0. The van der Waals surface area contributed by atoms with Gasteiger partial charge in [0.2, 0.25) is 0 Å². The smallest absolute Gasteiger partial charge is 0.412 e. The zero-order valence-electron chi connectivity index (χ0n) is 17.1. The van der Waals surface area contributed by atoms with Gasteiger partial charge in [-0.15, -0.1) is 0 Å². The molecule has 3 nitrogen and oxygen atoms in total. The monoisotopic (exact) mass is 492 g/mol. The standard InChI is InChI=1S/2C7H4F3O.C7H5F2O.Al/c2*1-11-7-3-5(9)4(8)2-6(7)10;1-10-7-3-5(8)2-6(9)4-7;/h2*3H,1H3;3-4H,1H3;. The Labute approximate surface area is 186 Å². The van der Waals surface area contributed by atoms with Crippen LogP contribution in [0, 0.1) is 46.5 Å². The number of ether oxygens (including phenoxy) is 3. The molecule has 0 aliphatic carbocycles. The molecule has 0 fully saturated rings. The van der Waals surface area contributed by atoms with Gasteiger partial charge in [0, 0.05) is 24.3 Å². The first-order chi connectivity index (χ1) is 15.6. The molecule has 0 aliphatic rings. The summed E-state index contributed by atoms with van der Waals surface area (Å²) in [7, 11) is 2.84. The van der Waals surface area contributed by atoms with Crippen LogP contribution in [0.2, 0.25) is 0 Å². The van der Waals surface area contributed by atoms with Crippen molar-refractivity contribution in [2.75, 3.05) is 21.3 Å². The van der Waals surface area contributed by atoms with E-state index < -0.39 is 85.5 Å². The maximum atomic E-state index is 15.2. The average molecular weight is 492 g/mol. The third-order valence-electron chi connectivity index (χ3n) is 4.91. The molecule has 3 rings (SSSR count). The van der Waals surface area contributed by atoms with E-state index in [1.165, 1.54) is 0 Å². The molecular formula is C21H13AlF8O3. The SMILES string of the molecule is COc1cc(F)[c]([Al]([c]2c(F)c(F)cc(OC)c2F)[c]2c(F)c(F)cc(OC)c2F)c(F)c1. The Bertz CT molecular complexity index is 1150. The van der Waals surface area contributed by atoms with Gasteiger partial charge in [-0.1, -0.05) is 0 Å². The molecule has 0 N–H and O–H groups in total. The topological polar surface area (TPSA) is 27.7 Å². The first kappa shape index (κ1) is 24.7. The summed E-state index contributed by atoms with van der Waals surface area (Å²) in [4.78, 5) is 0. The summed E-state index contributed by atoms with van der Waals surface area (Å²) in [6.45, 7) is 0. The largest absolute Gasteiger partial charge is 0.497 e. The zero-order valence-corrected chi connectivity index (χ0v) is 18.3. The van der Waals surface area contributed by atoms with Gasteiger partial charge in [0.1, 0.15) is 29.0 Å². The molecule has 174 valence electrons. The van der Waals surface area contributed by atoms with Crippen molar-refractivity contribution < 1.29 is 49.3 Å². The fourth-order valence-corrected chi connectivity index (χ4v) is 6.55. The predicted octanol–water partition coefficient (Wildman–Crippen LogP) is 3.34. The lowest BCUT2D eigenvalue weighted by molar-refractivity contribution is 0.378. The number of hydrogen-bond donors (Lipinski definition) is 0. The highest BCUT2D eigenvalue weighted by Gasteiger charge is 2.43. The van der Waals surface area contributed by atoms with E-state index in [0.717, 1.165) is 21.3 Å². The van der Waals surface area contributed by atoms with E-state index in [4.69, 9.17) is 4.74 Å². The number of rotatable bonds is 6. The second kappa shape index (κ2) is 9.49. The lowest BCUT2D eigenvalue weighted by atomic mass is 10.3. The minimum absolute atomic E-state index is 0.305. The van der Waals surface area contributed by atoms with Gasteiger partial charge in [-0.2, -0.15) is 0 Å². The van der Waals surface area contributed by atoms with Crippen LogP contribution in [0.1, 0.15) is 0 Å². The molecule has 0 atom stereocenters. The van der Waals surface area contributed by atoms with Crippen molar-refractivity contribution in [3.05, 3.63) is 70.8 Å². The van der Waals surface area contributed by atoms with Crippen LogP contribution >= 0.6 is 0 Å². The van der Waals surface area contributed by atoms with E-state index in [0.29, 0.717) is 24.3 Å². The summed E-state index contributed by atoms with van der Waals surface area (Å²) >= 11 is -4.66. The van der Waals surface area contributed by atoms with Crippen LogP contribution in [0.5, 0.6) is 17.2 Å². The molecule has 0 unspecified atom stereocenters. The van der Waals surface area contributed by atoms with Crippen LogP contribution in [0.4, 0.5) is 35.1 Å². The third kappa shape index (κ3) is 4.20. The van der Waals surface area contributed by atoms with E-state index in [-0.39, 0.29) is 5.75 Å². The van der Waals surface area contributed by atoms with Crippen molar-refractivity contribution in [1.29, 1.82) is 0 Å². The Morgan fingerprint density at radius 2 is 0.879 bits per heavy atom. The van der Waals surface area contributed by atoms with E-state index in [1.807, 2.05) is 0 Å². The fraction of sp³-hybridized carbons (Fsp3) is 0.143. The number of benzene rings is 3. The Hall–Kier alpha value is -2.97. The van der Waals surface area contributed by atoms with Gasteiger partial charge in [0.15, 0.2) is 34.8 Å². The van der Waals surface area contributed by atoms with Gasteiger partial charge in [0.25, 0.3) is 0 Å². The zero-order chi connectivity index (χ0) is 24.6. The third-order valence-corrected chi connectivity index (χ3v) is 8.21. The maximum absolute atomic E-state index is 15.2. The summed E-state index contributed by atoms with van der Waals surface area (Å²) in [6, 6.07) is 1.80. The summed E-state index contributed by atoms with van der Waals surface area (Å²) in [6.07, 6.45) is 0. The van der Waals surface area contributed by atoms with Gasteiger partial charge in [0.05, 0.1) is 21.3 Å². The molecule has 3 aromatic carbocycles. The molecule has 0 saturated heterocycles. The van der Waals surface area contributed by atoms with E-state index >= 15 is 8.78 Å². The van der Waals surface area contributed by atoms with E-state index in [2.05, 4.69) is 9.47 Å². The molecular weight excluding hydrogens is 479 g/mol. The van der Waals surface area contributed by atoms with Gasteiger partial charge < -0.3 is 14.2 Å². The molecule has 0 bridgehead atoms. The molecule has 0 amide bonds. The number of methoxy groups -OCH3 is 3. The highest BCUT2D eigenvalue weighted by Crippen LogP contribution is 2.24. The summed E-state index contributed by atoms with van der Waals surface area (Å²) in [5.74, 6) is -15.9. The lowest BCUT2D eigenvalue weighted by Gasteiger charge is -2.21. The second-order valence-corrected chi connectivity index (χ2v) is 9.24. The Balaban J connectivity index is 2.56. The first-order valence-corrected chi connectivity index (χ1v) is 10.8. The molecule has 33 heavy (non-hydrogen) atoms. The molecule has 12 heteroatoms. The van der Waals surface area contributed by atoms with Gasteiger partial charge >= 0.3 is 14.1 Å². The van der Waals surface area contributed by atoms with E-state index in [9.17, 15) is 26.3 Å². The molecule has 0 saturated carbocycles. The highest BCUT2D eigenvalue weighted by atomic mass is 27.2. The first-order valence-electron chi connectivity index (χ1n) is 9.02. The van der Waals surface area contributed by atoms with Gasteiger partial charge in [-0.25, -0.2) is 35.1 Å². The van der Waals surface area contributed by atoms with Crippen molar-refractivity contribution in [2.45, 2.75) is 0 Å². The quantitative estimate of drug-likeness (QED) is 0.300. The highest BCUT2D eigenvalue weighted by molar-refractivity contribution is 6.95. The maximum Gasteiger partial charge on any atom is 0.412 e. The van der Waals surface area contributed by atoms with Crippen molar-refractivity contribution in [1.82, 2.24) is 0 Å². The van der Waals surface area contributed by atoms with Gasteiger partial charge in [-0.3, -0.25) is 0 Å². The predicted molar refractivity (Wildman–Crippen MR) is 103 cm³/mol. The van der Waals surface area contributed by atoms with Crippen LogP contribution in [0.3, 0.4) is 0 Å². The Morgan fingerprint density at radius 3 is 1.21 bits per heavy atom. The number of halogens is 8. The molecule has 0 aromatic heterocycles. The van der Waals surface area contributed by atoms with Crippen molar-refractivity contribution in [3.8, 4) is 17.2 Å². The average Bonchev–Trinajstić information content (AvgIpc) is 2.77. The van der Waals surface area contributed by atoms with E-state index in [1.54, 1.807) is 0 Å². The molecule has 0 spiro atoms. The minimum Gasteiger partial charge on any atom is -0.497 e. The summed E-state index contributed by atoms with van der Waals surface area (Å²) in [5, 5.41) is 0. The fourth-order valence-electron chi connectivity index (χ4n) is 3.39. The van der Waals surface area contributed by atoms with Crippen molar-refractivity contribution in [2.24, 2.45) is 0 Å². The van der Waals surface area contributed by atoms with Crippen molar-refractivity contribution in [3.63, 3.8) is 0 Å². The summed E-state index contributed by atoms with van der Waals surface area (Å²) < 4.78 is 129. The Morgan fingerprint density at radius 1 is 0.485 bits per heavy atom. The molecule has 0 aliphatic heterocycles. The van der Waals surface area contributed by atoms with Crippen LogP contribution in [0.25, 0.3) is 0 Å². The van der Waals surface area contributed by atoms with Crippen LogP contribution in [-0.4, -0.2) is 35.5 Å². The number of hydrogen-bond acceptors (Lipinski definition) is 3. The minimum atomic E-state index is -4.66.